The molecule has 1 aliphatic carbocycles. The summed E-state index contributed by atoms with van der Waals surface area (Å²) in [4.78, 5) is 5.08. The maximum atomic E-state index is 7.04. The summed E-state index contributed by atoms with van der Waals surface area (Å²) >= 11 is 0. The van der Waals surface area contributed by atoms with Gasteiger partial charge in [0.2, 0.25) is 0 Å². The molecule has 9 aromatic carbocycles. The maximum Gasteiger partial charge on any atom is 0.252 e. The van der Waals surface area contributed by atoms with Gasteiger partial charge >= 0.3 is 0 Å². The third-order valence-electron chi connectivity index (χ3n) is 14.4. The van der Waals surface area contributed by atoms with Crippen molar-refractivity contribution >= 4 is 101 Å². The molecule has 15 rings (SSSR count). The first-order valence-electron chi connectivity index (χ1n) is 21.2. The largest absolute Gasteiger partial charge is 0.456 e. The summed E-state index contributed by atoms with van der Waals surface area (Å²) in [5.74, 6) is 0. The number of para-hydroxylation sites is 4. The third-order valence-corrected chi connectivity index (χ3v) is 14.4. The van der Waals surface area contributed by atoms with E-state index < -0.39 is 0 Å². The topological polar surface area (TPSA) is 32.8 Å². The zero-order valence-electron chi connectivity index (χ0n) is 33.1. The van der Waals surface area contributed by atoms with Crippen LogP contribution in [0.1, 0.15) is 23.6 Å². The molecular formula is C56H33BN2O2. The van der Waals surface area contributed by atoms with Gasteiger partial charge in [-0.25, -0.2) is 0 Å². The minimum Gasteiger partial charge on any atom is -0.456 e. The second-order valence-electron chi connectivity index (χ2n) is 17.3. The van der Waals surface area contributed by atoms with E-state index in [0.717, 1.165) is 66.4 Å². The van der Waals surface area contributed by atoms with Crippen molar-refractivity contribution in [1.29, 1.82) is 0 Å². The van der Waals surface area contributed by atoms with Crippen LogP contribution >= 0.6 is 0 Å². The lowest BCUT2D eigenvalue weighted by atomic mass is 9.33. The molecule has 0 amide bonds. The van der Waals surface area contributed by atoms with E-state index >= 15 is 0 Å². The Kier molecular flexibility index (Phi) is 5.84. The lowest BCUT2D eigenvalue weighted by Gasteiger charge is -2.49. The van der Waals surface area contributed by atoms with Crippen LogP contribution in [0.3, 0.4) is 0 Å². The minimum absolute atomic E-state index is 0.0287. The molecule has 4 aliphatic rings. The highest BCUT2D eigenvalue weighted by Gasteiger charge is 2.54. The van der Waals surface area contributed by atoms with E-state index in [4.69, 9.17) is 8.83 Å². The molecule has 3 aliphatic heterocycles. The van der Waals surface area contributed by atoms with Crippen LogP contribution in [-0.4, -0.2) is 6.71 Å². The summed E-state index contributed by atoms with van der Waals surface area (Å²) in [6.45, 7) is 2.48. The zero-order valence-corrected chi connectivity index (χ0v) is 33.1. The smallest absolute Gasteiger partial charge is 0.252 e. The van der Waals surface area contributed by atoms with Gasteiger partial charge in [-0.3, -0.25) is 0 Å². The zero-order chi connectivity index (χ0) is 39.7. The molecule has 1 unspecified atom stereocenters. The van der Waals surface area contributed by atoms with Crippen LogP contribution < -0.4 is 26.2 Å². The van der Waals surface area contributed by atoms with Crippen molar-refractivity contribution in [1.82, 2.24) is 0 Å². The lowest BCUT2D eigenvalue weighted by Crippen LogP contribution is -2.62. The predicted octanol–water partition coefficient (Wildman–Crippen LogP) is 12.9. The summed E-state index contributed by atoms with van der Waals surface area (Å²) < 4.78 is 13.3. The standard InChI is InChI=1S/C56H33BN2O2/c1-56-41-18-5-2-15-35(41)39-31-40-37-17-4-9-26-49(37)61-55(40)54(51(39)56)59-47-24-12-23-46-52(47)57(44-21-11-19-42(56)53(44)59)43-20-6-7-22-45(43)58(46)34-14-10-13-32(29-34)33-27-28-50-38(30-33)36-16-3-8-25-48(36)60-50/h2-31H,1H3. The van der Waals surface area contributed by atoms with Gasteiger partial charge in [0.15, 0.2) is 5.58 Å². The third kappa shape index (κ3) is 3.84. The van der Waals surface area contributed by atoms with E-state index in [1.807, 2.05) is 12.1 Å². The van der Waals surface area contributed by atoms with Gasteiger partial charge < -0.3 is 18.6 Å². The predicted molar refractivity (Wildman–Crippen MR) is 251 cm³/mol. The number of hydrogen-bond donors (Lipinski definition) is 0. The molecule has 11 aromatic rings. The summed E-state index contributed by atoms with van der Waals surface area (Å²) in [6, 6.07) is 66.9. The van der Waals surface area contributed by atoms with Crippen LogP contribution in [0.25, 0.3) is 66.1 Å². The number of benzene rings is 9. The van der Waals surface area contributed by atoms with Crippen LogP contribution in [-0.2, 0) is 5.41 Å². The molecule has 61 heavy (non-hydrogen) atoms. The van der Waals surface area contributed by atoms with Crippen molar-refractivity contribution in [3.63, 3.8) is 0 Å². The monoisotopic (exact) mass is 776 g/mol. The van der Waals surface area contributed by atoms with Crippen LogP contribution in [0.5, 0.6) is 0 Å². The molecule has 1 atom stereocenters. The fourth-order valence-electron chi connectivity index (χ4n) is 11.9. The number of hydrogen-bond acceptors (Lipinski definition) is 4. The van der Waals surface area contributed by atoms with Crippen molar-refractivity contribution in [2.45, 2.75) is 12.3 Å². The summed E-state index contributed by atoms with van der Waals surface area (Å²) in [5, 5.41) is 4.57. The van der Waals surface area contributed by atoms with Crippen molar-refractivity contribution in [2.75, 3.05) is 9.80 Å². The molecule has 0 fully saturated rings. The molecule has 0 saturated heterocycles. The molecule has 5 heterocycles. The Morgan fingerprint density at radius 2 is 1.10 bits per heavy atom. The highest BCUT2D eigenvalue weighted by Crippen LogP contribution is 2.65. The first-order valence-corrected chi connectivity index (χ1v) is 21.2. The second-order valence-corrected chi connectivity index (χ2v) is 17.3. The summed E-state index contributed by atoms with van der Waals surface area (Å²) in [6.07, 6.45) is 0. The Labute approximate surface area is 351 Å². The van der Waals surface area contributed by atoms with Gasteiger partial charge in [-0.15, -0.1) is 0 Å². The molecule has 0 bridgehead atoms. The van der Waals surface area contributed by atoms with E-state index in [2.05, 4.69) is 187 Å². The van der Waals surface area contributed by atoms with Gasteiger partial charge in [-0.2, -0.15) is 0 Å². The highest BCUT2D eigenvalue weighted by atomic mass is 16.3. The molecule has 0 radical (unpaired) electrons. The Balaban J connectivity index is 1.00. The van der Waals surface area contributed by atoms with E-state index in [1.165, 1.54) is 67.0 Å². The van der Waals surface area contributed by atoms with Gasteiger partial charge in [-0.1, -0.05) is 121 Å². The van der Waals surface area contributed by atoms with E-state index in [-0.39, 0.29) is 12.1 Å². The quantitative estimate of drug-likeness (QED) is 0.164. The fourth-order valence-corrected chi connectivity index (χ4v) is 11.9. The molecule has 4 nitrogen and oxygen atoms in total. The van der Waals surface area contributed by atoms with E-state index in [9.17, 15) is 0 Å². The number of furan rings is 2. The van der Waals surface area contributed by atoms with Crippen LogP contribution in [0.4, 0.5) is 34.1 Å². The van der Waals surface area contributed by atoms with Gasteiger partial charge in [-0.05, 0) is 117 Å². The number of anilines is 6. The van der Waals surface area contributed by atoms with E-state index in [1.54, 1.807) is 0 Å². The van der Waals surface area contributed by atoms with Crippen molar-refractivity contribution < 1.29 is 8.83 Å². The molecule has 2 aromatic heterocycles. The van der Waals surface area contributed by atoms with Gasteiger partial charge in [0.25, 0.3) is 6.71 Å². The normalized spacial score (nSPS) is 16.2. The van der Waals surface area contributed by atoms with Crippen molar-refractivity contribution in [3.8, 4) is 22.3 Å². The summed E-state index contributed by atoms with van der Waals surface area (Å²) in [7, 11) is 0. The van der Waals surface area contributed by atoms with Crippen LogP contribution in [0.15, 0.2) is 191 Å². The Morgan fingerprint density at radius 3 is 2.00 bits per heavy atom. The molecular weight excluding hydrogens is 743 g/mol. The lowest BCUT2D eigenvalue weighted by molar-refractivity contribution is 0.659. The Morgan fingerprint density at radius 1 is 0.443 bits per heavy atom. The SMILES string of the molecule is CC12c3ccccc3-c3cc4c(oc5ccccc54)c(c31)N1c3cccc4c3B(c3ccccc3N4c3cccc(-c4ccc5oc6ccccc6c5c4)c3)c3cccc2c31. The molecule has 5 heteroatoms. The molecule has 282 valence electrons. The molecule has 0 N–H and O–H groups in total. The Hall–Kier alpha value is -7.76. The first kappa shape index (κ1) is 32.1. The molecule has 0 spiro atoms. The average Bonchev–Trinajstić information content (AvgIpc) is 3.96. The van der Waals surface area contributed by atoms with Crippen molar-refractivity contribution in [2.24, 2.45) is 0 Å². The van der Waals surface area contributed by atoms with Gasteiger partial charge in [0.1, 0.15) is 16.7 Å². The first-order chi connectivity index (χ1) is 30.1. The van der Waals surface area contributed by atoms with E-state index in [0.29, 0.717) is 0 Å². The molecule has 0 saturated carbocycles. The summed E-state index contributed by atoms with van der Waals surface area (Å²) in [5.41, 5.74) is 23.3. The number of rotatable bonds is 2. The van der Waals surface area contributed by atoms with Gasteiger partial charge in [0.05, 0.1) is 5.69 Å². The number of nitrogens with zero attached hydrogens (tertiary/aromatic N) is 2. The van der Waals surface area contributed by atoms with Gasteiger partial charge in [0, 0.05) is 61.0 Å². The Bertz CT molecular complexity index is 3780. The second kappa shape index (κ2) is 11.1. The van der Waals surface area contributed by atoms with Crippen LogP contribution in [0.2, 0.25) is 0 Å². The highest BCUT2D eigenvalue weighted by molar-refractivity contribution is 7.00. The fraction of sp³-hybridized carbons (Fsp3) is 0.0357. The van der Waals surface area contributed by atoms with Crippen LogP contribution in [0, 0.1) is 0 Å². The van der Waals surface area contributed by atoms with Crippen molar-refractivity contribution in [3.05, 3.63) is 199 Å². The average molecular weight is 777 g/mol. The minimum atomic E-state index is -0.377. The maximum absolute atomic E-state index is 7.04. The number of fused-ring (bicyclic) bond motifs is 16.